The lowest BCUT2D eigenvalue weighted by atomic mass is 9.97. The van der Waals surface area contributed by atoms with Crippen LogP contribution in [0, 0.1) is 0 Å². The first-order chi connectivity index (χ1) is 26.7. The summed E-state index contributed by atoms with van der Waals surface area (Å²) in [5, 5.41) is 15.3. The van der Waals surface area contributed by atoms with E-state index < -0.39 is 0 Å². The highest BCUT2D eigenvalue weighted by atomic mass is 32.2. The average molecular weight is 711 g/mol. The van der Waals surface area contributed by atoms with Gasteiger partial charge in [0, 0.05) is 38.0 Å². The summed E-state index contributed by atoms with van der Waals surface area (Å²) >= 11 is 1.89. The SMILES string of the molecule is C1=C(c2ccccc2)NC(c2ccc3c(ccc4ccc5c(c43)NC(c3ccccc3)S5)c2)N=C1c1ccc2c3ccccc3n(-c3ccccc3)c2c1. The molecule has 0 fully saturated rings. The van der Waals surface area contributed by atoms with Gasteiger partial charge in [-0.1, -0.05) is 151 Å². The minimum absolute atomic E-state index is 0.192. The minimum atomic E-state index is -0.270. The van der Waals surface area contributed by atoms with Gasteiger partial charge in [0.25, 0.3) is 0 Å². The molecule has 54 heavy (non-hydrogen) atoms. The number of rotatable bonds is 5. The van der Waals surface area contributed by atoms with Crippen molar-refractivity contribution < 1.29 is 0 Å². The monoisotopic (exact) mass is 710 g/mol. The normalized spacial score (nSPS) is 16.6. The number of anilines is 1. The molecule has 0 saturated carbocycles. The first kappa shape index (κ1) is 31.0. The Kier molecular flexibility index (Phi) is 7.20. The van der Waals surface area contributed by atoms with E-state index in [9.17, 15) is 0 Å². The van der Waals surface area contributed by atoms with Crippen LogP contribution in [-0.4, -0.2) is 10.3 Å². The standard InChI is InChI=1S/C49H34N4S/c1-4-12-31(13-5-1)41-30-42(35-22-26-40-39-18-10-11-19-43(39)53(44(40)29-35)37-16-8-3-9-17-37)51-48(50-41)36-23-25-38-34(28-36)21-20-32-24-27-45-47(46(32)38)52-49(54-45)33-14-6-2-7-15-33/h1-30,48-50,52H. The third-order valence-corrected chi connectivity index (χ3v) is 12.1. The molecule has 0 amide bonds. The lowest BCUT2D eigenvalue weighted by molar-refractivity contribution is 0.665. The van der Waals surface area contributed by atoms with Crippen LogP contribution in [0.1, 0.15) is 33.8 Å². The zero-order chi connectivity index (χ0) is 35.6. The topological polar surface area (TPSA) is 41.4 Å². The zero-order valence-corrected chi connectivity index (χ0v) is 30.1. The smallest absolute Gasteiger partial charge is 0.145 e. The molecule has 9 aromatic rings. The van der Waals surface area contributed by atoms with Gasteiger partial charge >= 0.3 is 0 Å². The van der Waals surface area contributed by atoms with E-state index in [0.717, 1.165) is 33.8 Å². The van der Waals surface area contributed by atoms with Gasteiger partial charge in [-0.25, -0.2) is 0 Å². The Labute approximate surface area is 317 Å². The van der Waals surface area contributed by atoms with Gasteiger partial charge in [0.15, 0.2) is 0 Å². The summed E-state index contributed by atoms with van der Waals surface area (Å²) in [7, 11) is 0. The Morgan fingerprint density at radius 2 is 1.22 bits per heavy atom. The van der Waals surface area contributed by atoms with Gasteiger partial charge in [0.1, 0.15) is 11.5 Å². The number of nitrogens with zero attached hydrogens (tertiary/aromatic N) is 2. The summed E-state index contributed by atoms with van der Waals surface area (Å²) in [4.78, 5) is 6.72. The second-order valence-corrected chi connectivity index (χ2v) is 15.2. The van der Waals surface area contributed by atoms with Crippen molar-refractivity contribution in [1.82, 2.24) is 9.88 Å². The molecule has 2 aliphatic heterocycles. The van der Waals surface area contributed by atoms with Gasteiger partial charge in [0.05, 0.1) is 22.4 Å². The van der Waals surface area contributed by atoms with Crippen LogP contribution in [0.25, 0.3) is 54.7 Å². The van der Waals surface area contributed by atoms with Crippen LogP contribution in [0.3, 0.4) is 0 Å². The third-order valence-electron chi connectivity index (χ3n) is 10.8. The van der Waals surface area contributed by atoms with Crippen LogP contribution >= 0.6 is 11.8 Å². The fourth-order valence-electron chi connectivity index (χ4n) is 8.25. The lowest BCUT2D eigenvalue weighted by Gasteiger charge is -2.25. The molecule has 3 heterocycles. The number of aliphatic imine (C=N–C) groups is 1. The zero-order valence-electron chi connectivity index (χ0n) is 29.3. The van der Waals surface area contributed by atoms with Gasteiger partial charge < -0.3 is 15.2 Å². The number of aromatic nitrogens is 1. The second kappa shape index (κ2) is 12.5. The Morgan fingerprint density at radius 3 is 2.07 bits per heavy atom. The van der Waals surface area contributed by atoms with Gasteiger partial charge in [-0.3, -0.25) is 4.99 Å². The van der Waals surface area contributed by atoms with E-state index in [1.54, 1.807) is 0 Å². The quantitative estimate of drug-likeness (QED) is 0.175. The molecular formula is C49H34N4S. The molecule has 2 unspecified atom stereocenters. The van der Waals surface area contributed by atoms with E-state index in [4.69, 9.17) is 4.99 Å². The van der Waals surface area contributed by atoms with Crippen molar-refractivity contribution in [3.8, 4) is 5.69 Å². The second-order valence-electron chi connectivity index (χ2n) is 14.0. The fourth-order valence-corrected chi connectivity index (χ4v) is 9.40. The van der Waals surface area contributed by atoms with Crippen molar-refractivity contribution in [2.45, 2.75) is 16.4 Å². The predicted molar refractivity (Wildman–Crippen MR) is 228 cm³/mol. The van der Waals surface area contributed by atoms with Crippen LogP contribution in [0.2, 0.25) is 0 Å². The van der Waals surface area contributed by atoms with E-state index in [1.807, 2.05) is 11.8 Å². The summed E-state index contributed by atoms with van der Waals surface area (Å²) in [6.07, 6.45) is 1.93. The van der Waals surface area contributed by atoms with Crippen molar-refractivity contribution >= 4 is 72.2 Å². The largest absolute Gasteiger partial charge is 0.368 e. The van der Waals surface area contributed by atoms with Crippen molar-refractivity contribution in [3.63, 3.8) is 0 Å². The highest BCUT2D eigenvalue weighted by Gasteiger charge is 2.26. The van der Waals surface area contributed by atoms with Crippen LogP contribution in [0.15, 0.2) is 192 Å². The molecule has 2 atom stereocenters. The molecule has 11 rings (SSSR count). The molecule has 2 N–H and O–H groups in total. The number of nitrogens with one attached hydrogen (secondary N) is 2. The summed E-state index contributed by atoms with van der Waals surface area (Å²) in [5.41, 5.74) is 11.4. The predicted octanol–water partition coefficient (Wildman–Crippen LogP) is 12.4. The molecule has 5 heteroatoms. The van der Waals surface area contributed by atoms with Crippen molar-refractivity contribution in [2.75, 3.05) is 5.32 Å². The van der Waals surface area contributed by atoms with Crippen molar-refractivity contribution in [2.24, 2.45) is 4.99 Å². The molecule has 1 aromatic heterocycles. The Bertz CT molecular complexity index is 2970. The molecule has 0 saturated heterocycles. The van der Waals surface area contributed by atoms with E-state index in [0.29, 0.717) is 0 Å². The molecule has 0 aliphatic carbocycles. The van der Waals surface area contributed by atoms with Gasteiger partial charge in [-0.05, 0) is 75.3 Å². The number of hydrogen-bond acceptors (Lipinski definition) is 4. The summed E-state index contributed by atoms with van der Waals surface area (Å²) in [6, 6.07) is 63.3. The molecule has 2 aliphatic rings. The minimum Gasteiger partial charge on any atom is -0.368 e. The van der Waals surface area contributed by atoms with Crippen LogP contribution in [-0.2, 0) is 0 Å². The van der Waals surface area contributed by atoms with Crippen molar-refractivity contribution in [3.05, 3.63) is 204 Å². The van der Waals surface area contributed by atoms with Gasteiger partial charge in [0.2, 0.25) is 0 Å². The summed E-state index contributed by atoms with van der Waals surface area (Å²) < 4.78 is 2.37. The van der Waals surface area contributed by atoms with E-state index in [-0.39, 0.29) is 11.5 Å². The van der Waals surface area contributed by atoms with Crippen LogP contribution < -0.4 is 10.6 Å². The molecule has 0 bridgehead atoms. The molecule has 8 aromatic carbocycles. The maximum atomic E-state index is 5.44. The third kappa shape index (κ3) is 5.12. The van der Waals surface area contributed by atoms with E-state index in [2.05, 4.69) is 197 Å². The number of para-hydroxylation sites is 2. The first-order valence-electron chi connectivity index (χ1n) is 18.4. The highest BCUT2D eigenvalue weighted by molar-refractivity contribution is 8.00. The first-order valence-corrected chi connectivity index (χ1v) is 19.3. The van der Waals surface area contributed by atoms with E-state index >= 15 is 0 Å². The molecule has 0 spiro atoms. The number of benzene rings is 8. The van der Waals surface area contributed by atoms with E-state index in [1.165, 1.54) is 59.5 Å². The van der Waals surface area contributed by atoms with Gasteiger partial charge in [-0.2, -0.15) is 0 Å². The molecule has 256 valence electrons. The molecule has 4 nitrogen and oxygen atoms in total. The highest BCUT2D eigenvalue weighted by Crippen LogP contribution is 2.50. The van der Waals surface area contributed by atoms with Crippen LogP contribution in [0.4, 0.5) is 5.69 Å². The van der Waals surface area contributed by atoms with Crippen LogP contribution in [0.5, 0.6) is 0 Å². The average Bonchev–Trinajstić information content (AvgIpc) is 3.84. The number of allylic oxidation sites excluding steroid dienone is 1. The number of thioether (sulfide) groups is 1. The number of hydrogen-bond donors (Lipinski definition) is 2. The summed E-state index contributed by atoms with van der Waals surface area (Å²) in [6.45, 7) is 0. The Balaban J connectivity index is 1.03. The fraction of sp³-hybridized carbons (Fsp3) is 0.0408. The summed E-state index contributed by atoms with van der Waals surface area (Å²) in [5.74, 6) is 0. The van der Waals surface area contributed by atoms with Gasteiger partial charge in [-0.15, -0.1) is 0 Å². The maximum absolute atomic E-state index is 5.44. The van der Waals surface area contributed by atoms with Crippen molar-refractivity contribution in [1.29, 1.82) is 0 Å². The lowest BCUT2D eigenvalue weighted by Crippen LogP contribution is -2.24. The molecular weight excluding hydrogens is 677 g/mol. The molecule has 0 radical (unpaired) electrons. The Hall–Kier alpha value is -6.56. The number of fused-ring (bicyclic) bond motifs is 8. The Morgan fingerprint density at radius 1 is 0.519 bits per heavy atom. The maximum Gasteiger partial charge on any atom is 0.145 e.